The van der Waals surface area contributed by atoms with Crippen LogP contribution in [0.3, 0.4) is 0 Å². The Morgan fingerprint density at radius 1 is 0.971 bits per heavy atom. The van der Waals surface area contributed by atoms with E-state index in [0.717, 1.165) is 43.2 Å². The number of aliphatic carboxylic acids is 1. The second kappa shape index (κ2) is 10.9. The smallest absolute Gasteiger partial charge is 0.407 e. The first kappa shape index (κ1) is 24.7. The van der Waals surface area contributed by atoms with Crippen molar-refractivity contribution in [2.75, 3.05) is 13.2 Å². The Kier molecular flexibility index (Phi) is 7.70. The number of carboxylic acid groups (broad SMARTS) is 1. The Morgan fingerprint density at radius 2 is 1.57 bits per heavy atom. The zero-order valence-corrected chi connectivity index (χ0v) is 19.7. The third-order valence-electron chi connectivity index (χ3n) is 7.13. The van der Waals surface area contributed by atoms with Crippen LogP contribution in [0.15, 0.2) is 48.5 Å². The van der Waals surface area contributed by atoms with Crippen molar-refractivity contribution in [2.24, 2.45) is 0 Å². The van der Waals surface area contributed by atoms with Crippen LogP contribution < -0.4 is 10.6 Å². The number of ether oxygens (including phenoxy) is 1. The van der Waals surface area contributed by atoms with E-state index in [-0.39, 0.29) is 31.4 Å². The lowest BCUT2D eigenvalue weighted by Crippen LogP contribution is -2.50. The molecule has 8 nitrogen and oxygen atoms in total. The number of aliphatic hydroxyl groups excluding tert-OH is 1. The molecule has 2 aromatic rings. The van der Waals surface area contributed by atoms with E-state index in [4.69, 9.17) is 9.84 Å². The number of hydrogen-bond donors (Lipinski definition) is 4. The van der Waals surface area contributed by atoms with E-state index in [1.165, 1.54) is 11.1 Å². The monoisotopic (exact) mass is 480 g/mol. The fourth-order valence-electron chi connectivity index (χ4n) is 5.26. The molecular weight excluding hydrogens is 448 g/mol. The molecule has 8 heteroatoms. The van der Waals surface area contributed by atoms with Gasteiger partial charge in [-0.2, -0.15) is 0 Å². The quantitative estimate of drug-likeness (QED) is 0.435. The highest BCUT2D eigenvalue weighted by molar-refractivity contribution is 5.79. The van der Waals surface area contributed by atoms with Gasteiger partial charge >= 0.3 is 12.1 Å². The SMILES string of the molecule is O=C(CCC1(NC(=O)OCC2c3ccccc3-c3ccccc32)CCCCC1)NC[C@H](O)C(=O)O. The minimum atomic E-state index is -1.64. The predicted molar refractivity (Wildman–Crippen MR) is 130 cm³/mol. The van der Waals surface area contributed by atoms with Crippen molar-refractivity contribution in [2.45, 2.75) is 62.5 Å². The Bertz CT molecular complexity index is 1030. The van der Waals surface area contributed by atoms with E-state index in [9.17, 15) is 19.5 Å². The molecule has 0 aliphatic heterocycles. The number of alkyl carbamates (subject to hydrolysis) is 1. The molecule has 2 aliphatic carbocycles. The van der Waals surface area contributed by atoms with Gasteiger partial charge in [-0.05, 0) is 41.5 Å². The molecule has 2 aromatic carbocycles. The maximum absolute atomic E-state index is 12.9. The minimum absolute atomic E-state index is 0.0260. The molecule has 4 rings (SSSR count). The Hall–Kier alpha value is -3.39. The summed E-state index contributed by atoms with van der Waals surface area (Å²) in [5.41, 5.74) is 4.09. The van der Waals surface area contributed by atoms with Crippen LogP contribution in [0.4, 0.5) is 4.79 Å². The van der Waals surface area contributed by atoms with Crippen molar-refractivity contribution in [1.29, 1.82) is 0 Å². The van der Waals surface area contributed by atoms with E-state index in [2.05, 4.69) is 34.9 Å². The molecule has 2 aliphatic rings. The Morgan fingerprint density at radius 3 is 2.17 bits per heavy atom. The topological polar surface area (TPSA) is 125 Å². The van der Waals surface area contributed by atoms with E-state index in [0.29, 0.717) is 6.42 Å². The molecule has 0 bridgehead atoms. The Labute approximate surface area is 204 Å². The highest BCUT2D eigenvalue weighted by Crippen LogP contribution is 2.44. The van der Waals surface area contributed by atoms with E-state index in [1.54, 1.807) is 0 Å². The van der Waals surface area contributed by atoms with Crippen LogP contribution in [0.25, 0.3) is 11.1 Å². The van der Waals surface area contributed by atoms with Gasteiger partial charge in [0.1, 0.15) is 6.61 Å². The minimum Gasteiger partial charge on any atom is -0.479 e. The summed E-state index contributed by atoms with van der Waals surface area (Å²) in [6, 6.07) is 16.3. The van der Waals surface area contributed by atoms with Crippen LogP contribution in [0, 0.1) is 0 Å². The predicted octanol–water partition coefficient (Wildman–Crippen LogP) is 3.57. The zero-order chi connectivity index (χ0) is 24.8. The lowest BCUT2D eigenvalue weighted by molar-refractivity contribution is -0.146. The molecule has 1 atom stereocenters. The first-order chi connectivity index (χ1) is 16.9. The van der Waals surface area contributed by atoms with Crippen LogP contribution in [0.2, 0.25) is 0 Å². The van der Waals surface area contributed by atoms with Crippen LogP contribution in [0.5, 0.6) is 0 Å². The summed E-state index contributed by atoms with van der Waals surface area (Å²) < 4.78 is 5.73. The summed E-state index contributed by atoms with van der Waals surface area (Å²) in [5.74, 6) is -1.77. The zero-order valence-electron chi connectivity index (χ0n) is 19.7. The molecule has 186 valence electrons. The standard InChI is InChI=1S/C27H32N2O6/c30-23(25(32)33)16-28-24(31)12-15-27(13-6-1-7-14-27)29-26(34)35-17-22-20-10-4-2-8-18(20)19-9-3-5-11-21(19)22/h2-5,8-11,22-23,30H,1,6-7,12-17H2,(H,28,31)(H,29,34)(H,32,33)/t23-/m0/s1. The maximum atomic E-state index is 12.9. The highest BCUT2D eigenvalue weighted by atomic mass is 16.5. The lowest BCUT2D eigenvalue weighted by atomic mass is 9.78. The first-order valence-corrected chi connectivity index (χ1v) is 12.2. The summed E-state index contributed by atoms with van der Waals surface area (Å²) in [6.07, 6.45) is 2.89. The van der Waals surface area contributed by atoms with E-state index in [1.807, 2.05) is 24.3 Å². The van der Waals surface area contributed by atoms with Crippen LogP contribution >= 0.6 is 0 Å². The van der Waals surface area contributed by atoms with Gasteiger partial charge in [-0.25, -0.2) is 9.59 Å². The molecule has 0 unspecified atom stereocenters. The lowest BCUT2D eigenvalue weighted by Gasteiger charge is -2.38. The number of benzene rings is 2. The van der Waals surface area contributed by atoms with Gasteiger partial charge in [0.15, 0.2) is 6.10 Å². The molecule has 35 heavy (non-hydrogen) atoms. The van der Waals surface area contributed by atoms with Crippen molar-refractivity contribution in [3.63, 3.8) is 0 Å². The van der Waals surface area contributed by atoms with Gasteiger partial charge in [0.05, 0.1) is 6.54 Å². The van der Waals surface area contributed by atoms with Gasteiger partial charge in [0, 0.05) is 17.9 Å². The van der Waals surface area contributed by atoms with E-state index >= 15 is 0 Å². The van der Waals surface area contributed by atoms with Crippen LogP contribution in [-0.2, 0) is 14.3 Å². The number of carbonyl (C=O) groups is 3. The second-order valence-electron chi connectivity index (χ2n) is 9.45. The summed E-state index contributed by atoms with van der Waals surface area (Å²) in [6.45, 7) is -0.121. The number of aliphatic hydroxyl groups is 1. The molecule has 1 saturated carbocycles. The number of carboxylic acids is 1. The van der Waals surface area contributed by atoms with Crippen molar-refractivity contribution < 1.29 is 29.3 Å². The molecule has 2 amide bonds. The average molecular weight is 481 g/mol. The fourth-order valence-corrected chi connectivity index (χ4v) is 5.26. The summed E-state index contributed by atoms with van der Waals surface area (Å²) in [4.78, 5) is 35.8. The van der Waals surface area contributed by atoms with Gasteiger partial charge in [-0.1, -0.05) is 67.8 Å². The van der Waals surface area contributed by atoms with Gasteiger partial charge in [-0.15, -0.1) is 0 Å². The molecule has 0 radical (unpaired) electrons. The number of carbonyl (C=O) groups excluding carboxylic acids is 2. The highest BCUT2D eigenvalue weighted by Gasteiger charge is 2.35. The third-order valence-corrected chi connectivity index (χ3v) is 7.13. The second-order valence-corrected chi connectivity index (χ2v) is 9.45. The fraction of sp³-hybridized carbons (Fsp3) is 0.444. The first-order valence-electron chi connectivity index (χ1n) is 12.2. The van der Waals surface area contributed by atoms with Crippen molar-refractivity contribution in [1.82, 2.24) is 10.6 Å². The van der Waals surface area contributed by atoms with Crippen LogP contribution in [0.1, 0.15) is 62.0 Å². The van der Waals surface area contributed by atoms with Gasteiger partial charge in [0.25, 0.3) is 0 Å². The average Bonchev–Trinajstić information content (AvgIpc) is 3.19. The molecule has 4 N–H and O–H groups in total. The number of fused-ring (bicyclic) bond motifs is 3. The van der Waals surface area contributed by atoms with E-state index < -0.39 is 23.7 Å². The number of hydrogen-bond acceptors (Lipinski definition) is 5. The van der Waals surface area contributed by atoms with Gasteiger partial charge < -0.3 is 25.6 Å². The maximum Gasteiger partial charge on any atom is 0.407 e. The third kappa shape index (κ3) is 5.82. The summed E-state index contributed by atoms with van der Waals surface area (Å²) >= 11 is 0. The number of rotatable bonds is 9. The molecule has 0 saturated heterocycles. The number of amides is 2. The molecule has 1 fully saturated rings. The largest absolute Gasteiger partial charge is 0.479 e. The Balaban J connectivity index is 1.35. The number of nitrogens with one attached hydrogen (secondary N) is 2. The van der Waals surface area contributed by atoms with Crippen LogP contribution in [-0.4, -0.2) is 53.0 Å². The van der Waals surface area contributed by atoms with Crippen molar-refractivity contribution in [3.8, 4) is 11.1 Å². The normalized spacial score (nSPS) is 17.1. The van der Waals surface area contributed by atoms with Gasteiger partial charge in [-0.3, -0.25) is 4.79 Å². The molecule has 0 aromatic heterocycles. The molecule has 0 spiro atoms. The summed E-state index contributed by atoms with van der Waals surface area (Å²) in [5, 5.41) is 23.6. The summed E-state index contributed by atoms with van der Waals surface area (Å²) in [7, 11) is 0. The van der Waals surface area contributed by atoms with Crippen molar-refractivity contribution in [3.05, 3.63) is 59.7 Å². The van der Waals surface area contributed by atoms with Crippen molar-refractivity contribution >= 4 is 18.0 Å². The molecular formula is C27H32N2O6. The van der Waals surface area contributed by atoms with Gasteiger partial charge in [0.2, 0.25) is 5.91 Å². The molecule has 0 heterocycles.